The van der Waals surface area contributed by atoms with Crippen LogP contribution in [0, 0.1) is 11.8 Å². The van der Waals surface area contributed by atoms with Crippen molar-refractivity contribution in [3.63, 3.8) is 0 Å². The molecule has 0 saturated heterocycles. The fourth-order valence-corrected chi connectivity index (χ4v) is 6.94. The number of hydrogen-bond donors (Lipinski definition) is 1. The first-order chi connectivity index (χ1) is 19.8. The predicted octanol–water partition coefficient (Wildman–Crippen LogP) is 7.63. The standard InChI is InChI=1S/C37H43N2O2/c1-25(2)20-22-39-32-19-10-8-17-30(32)37(3,4)33(39)23-28-35(40)34(36(28)41)29-24-38(31-18-9-7-16-27(29)31)21-12-11-15-26-13-5-6-14-26/h5-10,13-14,16-19,23-26,34-35,40H,11-12,15,20-22H2,1-4H3/q+1. The van der Waals surface area contributed by atoms with Gasteiger partial charge in [0.05, 0.1) is 17.4 Å². The molecule has 1 aromatic heterocycles. The van der Waals surface area contributed by atoms with Gasteiger partial charge in [0, 0.05) is 53.3 Å². The second-order valence-electron chi connectivity index (χ2n) is 13.0. The molecule has 2 atom stereocenters. The fraction of sp³-hybridized carbons (Fsp3) is 0.405. The molecule has 0 radical (unpaired) electrons. The number of aryl methyl sites for hydroxylation is 1. The summed E-state index contributed by atoms with van der Waals surface area (Å²) in [4.78, 5) is 13.8. The fourth-order valence-electron chi connectivity index (χ4n) is 6.94. The number of Topliss-reactive ketones (excluding diaryl/α,β-unsaturated/α-hetero) is 1. The highest BCUT2D eigenvalue weighted by Crippen LogP contribution is 2.45. The van der Waals surface area contributed by atoms with Crippen molar-refractivity contribution in [2.45, 2.75) is 77.4 Å². The van der Waals surface area contributed by atoms with E-state index in [0.717, 1.165) is 54.5 Å². The van der Waals surface area contributed by atoms with Gasteiger partial charge in [0.15, 0.2) is 11.5 Å². The third-order valence-electron chi connectivity index (χ3n) is 9.39. The number of ketones is 1. The zero-order valence-corrected chi connectivity index (χ0v) is 24.9. The number of carbonyl (C=O) groups excluding carboxylic acids is 1. The number of nitrogens with zero attached hydrogens (tertiary/aromatic N) is 2. The molecule has 6 rings (SSSR count). The first-order valence-electron chi connectivity index (χ1n) is 15.4. The van der Waals surface area contributed by atoms with Crippen LogP contribution < -0.4 is 0 Å². The van der Waals surface area contributed by atoms with E-state index in [-0.39, 0.29) is 11.2 Å². The minimum atomic E-state index is -0.804. The lowest BCUT2D eigenvalue weighted by Gasteiger charge is -2.34. The summed E-state index contributed by atoms with van der Waals surface area (Å²) in [6.07, 6.45) is 16.6. The van der Waals surface area contributed by atoms with Gasteiger partial charge >= 0.3 is 0 Å². The lowest BCUT2D eigenvalue weighted by atomic mass is 9.69. The summed E-state index contributed by atoms with van der Waals surface area (Å²) >= 11 is 0. The van der Waals surface area contributed by atoms with E-state index >= 15 is 0 Å². The Morgan fingerprint density at radius 2 is 1.76 bits per heavy atom. The number of rotatable bonds is 10. The molecule has 0 bridgehead atoms. The van der Waals surface area contributed by atoms with E-state index in [9.17, 15) is 9.90 Å². The van der Waals surface area contributed by atoms with Crippen LogP contribution in [0.5, 0.6) is 0 Å². The van der Waals surface area contributed by atoms with Crippen LogP contribution in [0.15, 0.2) is 90.7 Å². The number of aliphatic hydroxyl groups excluding tert-OH is 1. The molecule has 2 unspecified atom stereocenters. The first-order valence-corrected chi connectivity index (χ1v) is 15.4. The summed E-state index contributed by atoms with van der Waals surface area (Å²) in [5.41, 5.74) is 5.98. The van der Waals surface area contributed by atoms with Crippen molar-refractivity contribution in [1.29, 1.82) is 0 Å². The maximum Gasteiger partial charge on any atom is 0.209 e. The maximum atomic E-state index is 13.8. The van der Waals surface area contributed by atoms with Gasteiger partial charge in [-0.1, -0.05) is 81.0 Å². The Bertz CT molecular complexity index is 1580. The Balaban J connectivity index is 1.27. The van der Waals surface area contributed by atoms with Crippen molar-refractivity contribution in [1.82, 2.24) is 4.57 Å². The Labute approximate surface area is 244 Å². The van der Waals surface area contributed by atoms with Gasteiger partial charge in [-0.3, -0.25) is 4.79 Å². The number of fused-ring (bicyclic) bond motifs is 2. The van der Waals surface area contributed by atoms with E-state index in [1.807, 2.05) is 12.1 Å². The zero-order chi connectivity index (χ0) is 28.7. The van der Waals surface area contributed by atoms with Crippen molar-refractivity contribution in [3.8, 4) is 0 Å². The van der Waals surface area contributed by atoms with Crippen molar-refractivity contribution >= 4 is 28.1 Å². The molecular formula is C37H43N2O2+. The minimum Gasteiger partial charge on any atom is -0.387 e. The van der Waals surface area contributed by atoms with Gasteiger partial charge < -0.3 is 9.67 Å². The molecule has 0 spiro atoms. The lowest BCUT2D eigenvalue weighted by molar-refractivity contribution is -0.439. The predicted molar refractivity (Wildman–Crippen MR) is 168 cm³/mol. The molecule has 0 amide bonds. The number of aromatic nitrogens is 1. The molecule has 1 fully saturated rings. The Kier molecular flexibility index (Phi) is 7.46. The van der Waals surface area contributed by atoms with Crippen LogP contribution in [0.4, 0.5) is 5.69 Å². The third-order valence-corrected chi connectivity index (χ3v) is 9.39. The van der Waals surface area contributed by atoms with Gasteiger partial charge in [-0.25, -0.2) is 0 Å². The summed E-state index contributed by atoms with van der Waals surface area (Å²) in [6, 6.07) is 16.9. The van der Waals surface area contributed by atoms with Gasteiger partial charge in [0.2, 0.25) is 5.69 Å². The number of allylic oxidation sites excluding steroid dienone is 5. The third kappa shape index (κ3) is 4.97. The van der Waals surface area contributed by atoms with Gasteiger partial charge in [-0.05, 0) is 50.2 Å². The number of para-hydroxylation sites is 2. The molecular weight excluding hydrogens is 504 g/mol. The van der Waals surface area contributed by atoms with E-state index in [4.69, 9.17) is 0 Å². The highest BCUT2D eigenvalue weighted by Gasteiger charge is 2.50. The van der Waals surface area contributed by atoms with E-state index in [1.54, 1.807) is 0 Å². The van der Waals surface area contributed by atoms with Gasteiger partial charge in [0.1, 0.15) is 6.54 Å². The number of unbranched alkanes of at least 4 members (excludes halogenated alkanes) is 1. The molecule has 2 aromatic carbocycles. The Morgan fingerprint density at radius 3 is 2.51 bits per heavy atom. The molecule has 4 heteroatoms. The van der Waals surface area contributed by atoms with Crippen molar-refractivity contribution < 1.29 is 14.5 Å². The summed E-state index contributed by atoms with van der Waals surface area (Å²) in [7, 11) is 0. The highest BCUT2D eigenvalue weighted by atomic mass is 16.3. The van der Waals surface area contributed by atoms with Gasteiger partial charge in [-0.15, -0.1) is 0 Å². The molecule has 212 valence electrons. The largest absolute Gasteiger partial charge is 0.387 e. The second-order valence-corrected chi connectivity index (χ2v) is 13.0. The smallest absolute Gasteiger partial charge is 0.209 e. The summed E-state index contributed by atoms with van der Waals surface area (Å²) in [5, 5.41) is 12.6. The Hall–Kier alpha value is -3.50. The average molecular weight is 548 g/mol. The molecule has 1 N–H and O–H groups in total. The van der Waals surface area contributed by atoms with E-state index in [1.165, 1.54) is 17.7 Å². The van der Waals surface area contributed by atoms with Crippen LogP contribution in [-0.4, -0.2) is 38.4 Å². The maximum absolute atomic E-state index is 13.8. The minimum absolute atomic E-state index is 0.0447. The quantitative estimate of drug-likeness (QED) is 0.161. The molecule has 1 aliphatic heterocycles. The van der Waals surface area contributed by atoms with Crippen molar-refractivity contribution in [2.75, 3.05) is 6.54 Å². The van der Waals surface area contributed by atoms with Crippen LogP contribution in [0.25, 0.3) is 10.9 Å². The SMILES string of the molecule is CC(C)CC[N+]1=C(C=C2C(=O)C(c3cn(CCCCC4C=CC=C4)c4ccccc34)C2O)C(C)(C)c2ccccc21. The number of aliphatic hydroxyl groups is 1. The monoisotopic (exact) mass is 547 g/mol. The Morgan fingerprint density at radius 1 is 1.02 bits per heavy atom. The highest BCUT2D eigenvalue weighted by molar-refractivity contribution is 6.16. The van der Waals surface area contributed by atoms with Crippen LogP contribution in [0.2, 0.25) is 0 Å². The molecule has 3 aromatic rings. The van der Waals surface area contributed by atoms with Crippen molar-refractivity contribution in [3.05, 3.63) is 102 Å². The molecule has 2 heterocycles. The van der Waals surface area contributed by atoms with E-state index in [2.05, 4.69) is 110 Å². The summed E-state index contributed by atoms with van der Waals surface area (Å²) in [6.45, 7) is 10.8. The number of benzene rings is 2. The molecule has 3 aliphatic rings. The summed E-state index contributed by atoms with van der Waals surface area (Å²) < 4.78 is 4.66. The molecule has 4 nitrogen and oxygen atoms in total. The number of carbonyl (C=O) groups is 1. The lowest BCUT2D eigenvalue weighted by Crippen LogP contribution is -2.44. The normalized spacial score (nSPS) is 22.5. The van der Waals surface area contributed by atoms with Crippen LogP contribution in [0.3, 0.4) is 0 Å². The van der Waals surface area contributed by atoms with Crippen LogP contribution in [0.1, 0.15) is 70.4 Å². The van der Waals surface area contributed by atoms with Crippen LogP contribution in [-0.2, 0) is 16.8 Å². The van der Waals surface area contributed by atoms with Gasteiger partial charge in [-0.2, -0.15) is 4.58 Å². The molecule has 41 heavy (non-hydrogen) atoms. The van der Waals surface area contributed by atoms with Gasteiger partial charge in [0.25, 0.3) is 0 Å². The zero-order valence-electron chi connectivity index (χ0n) is 24.9. The van der Waals surface area contributed by atoms with E-state index < -0.39 is 12.0 Å². The summed E-state index contributed by atoms with van der Waals surface area (Å²) in [5.74, 6) is 0.673. The van der Waals surface area contributed by atoms with Crippen LogP contribution >= 0.6 is 0 Å². The molecule has 2 aliphatic carbocycles. The number of hydrogen-bond acceptors (Lipinski definition) is 2. The molecule has 1 saturated carbocycles. The first kappa shape index (κ1) is 27.7. The van der Waals surface area contributed by atoms with Crippen molar-refractivity contribution in [2.24, 2.45) is 11.8 Å². The van der Waals surface area contributed by atoms with E-state index in [0.29, 0.717) is 17.4 Å². The topological polar surface area (TPSA) is 45.2 Å². The second kappa shape index (κ2) is 11.1. The average Bonchev–Trinajstić information content (AvgIpc) is 3.66.